The third kappa shape index (κ3) is 1.68. The van der Waals surface area contributed by atoms with Gasteiger partial charge in [0.15, 0.2) is 11.5 Å². The summed E-state index contributed by atoms with van der Waals surface area (Å²) in [6.07, 6.45) is 6.03. The van der Waals surface area contributed by atoms with E-state index in [4.69, 9.17) is 21.1 Å². The average Bonchev–Trinajstić information content (AvgIpc) is 2.93. The van der Waals surface area contributed by atoms with Crippen LogP contribution < -0.4 is 9.47 Å². The van der Waals surface area contributed by atoms with Gasteiger partial charge in [0.2, 0.25) is 6.79 Å². The Labute approximate surface area is 117 Å². The SMILES string of the molecule is CN1C2CC=C(c3cc(Cl)c4c(c3)OCO4)C1CC2. The summed E-state index contributed by atoms with van der Waals surface area (Å²) >= 11 is 6.29. The number of fused-ring (bicyclic) bond motifs is 3. The highest BCUT2D eigenvalue weighted by molar-refractivity contribution is 6.32. The van der Waals surface area contributed by atoms with Crippen LogP contribution >= 0.6 is 11.6 Å². The molecule has 2 unspecified atom stereocenters. The molecule has 2 atom stereocenters. The van der Waals surface area contributed by atoms with Crippen molar-refractivity contribution >= 4 is 17.2 Å². The van der Waals surface area contributed by atoms with Gasteiger partial charge in [-0.2, -0.15) is 0 Å². The predicted octanol–water partition coefficient (Wildman–Crippen LogP) is 3.32. The summed E-state index contributed by atoms with van der Waals surface area (Å²) in [5.41, 5.74) is 2.56. The monoisotopic (exact) mass is 277 g/mol. The molecule has 3 nitrogen and oxygen atoms in total. The summed E-state index contributed by atoms with van der Waals surface area (Å²) in [5.74, 6) is 1.45. The van der Waals surface area contributed by atoms with Crippen molar-refractivity contribution in [1.82, 2.24) is 4.90 Å². The number of rotatable bonds is 1. The van der Waals surface area contributed by atoms with Gasteiger partial charge in [-0.15, -0.1) is 0 Å². The third-order valence-corrected chi connectivity index (χ3v) is 4.85. The molecule has 1 saturated heterocycles. The zero-order valence-corrected chi connectivity index (χ0v) is 11.6. The van der Waals surface area contributed by atoms with Crippen molar-refractivity contribution in [3.05, 3.63) is 28.8 Å². The van der Waals surface area contributed by atoms with Crippen LogP contribution in [-0.2, 0) is 0 Å². The Morgan fingerprint density at radius 3 is 3.05 bits per heavy atom. The van der Waals surface area contributed by atoms with Gasteiger partial charge in [0, 0.05) is 12.1 Å². The van der Waals surface area contributed by atoms with Crippen LogP contribution in [0.4, 0.5) is 0 Å². The molecular formula is C15H16ClNO2. The van der Waals surface area contributed by atoms with Crippen LogP contribution in [0, 0.1) is 0 Å². The highest BCUT2D eigenvalue weighted by Gasteiger charge is 2.36. The van der Waals surface area contributed by atoms with Crippen LogP contribution in [0.3, 0.4) is 0 Å². The van der Waals surface area contributed by atoms with Gasteiger partial charge in [-0.25, -0.2) is 0 Å². The lowest BCUT2D eigenvalue weighted by molar-refractivity contribution is 0.174. The molecule has 0 aliphatic carbocycles. The lowest BCUT2D eigenvalue weighted by Crippen LogP contribution is -2.35. The average molecular weight is 278 g/mol. The molecule has 0 aromatic heterocycles. The summed E-state index contributed by atoms with van der Waals surface area (Å²) < 4.78 is 10.8. The third-order valence-electron chi connectivity index (χ3n) is 4.57. The Hall–Kier alpha value is -1.19. The molecule has 2 bridgehead atoms. The van der Waals surface area contributed by atoms with E-state index in [2.05, 4.69) is 24.1 Å². The maximum absolute atomic E-state index is 6.29. The quantitative estimate of drug-likeness (QED) is 0.786. The van der Waals surface area contributed by atoms with Gasteiger partial charge >= 0.3 is 0 Å². The molecule has 3 aliphatic heterocycles. The van der Waals surface area contributed by atoms with Gasteiger partial charge in [-0.05, 0) is 49.6 Å². The van der Waals surface area contributed by atoms with Crippen molar-refractivity contribution in [1.29, 1.82) is 0 Å². The Bertz CT molecular complexity index is 570. The number of hydrogen-bond acceptors (Lipinski definition) is 3. The van der Waals surface area contributed by atoms with Gasteiger partial charge in [0.05, 0.1) is 5.02 Å². The first-order valence-electron chi connectivity index (χ1n) is 6.75. The van der Waals surface area contributed by atoms with Crippen molar-refractivity contribution < 1.29 is 9.47 Å². The van der Waals surface area contributed by atoms with Gasteiger partial charge in [-0.3, -0.25) is 4.90 Å². The van der Waals surface area contributed by atoms with Crippen LogP contribution in [0.1, 0.15) is 24.8 Å². The largest absolute Gasteiger partial charge is 0.454 e. The number of hydrogen-bond donors (Lipinski definition) is 0. The van der Waals surface area contributed by atoms with Crippen LogP contribution in [0.2, 0.25) is 5.02 Å². The first-order valence-corrected chi connectivity index (χ1v) is 7.13. The van der Waals surface area contributed by atoms with Gasteiger partial charge in [-0.1, -0.05) is 17.7 Å². The highest BCUT2D eigenvalue weighted by Crippen LogP contribution is 2.45. The maximum Gasteiger partial charge on any atom is 0.231 e. The van der Waals surface area contributed by atoms with Crippen molar-refractivity contribution in [2.45, 2.75) is 31.3 Å². The first-order chi connectivity index (χ1) is 9.24. The number of ether oxygens (including phenoxy) is 2. The molecule has 19 heavy (non-hydrogen) atoms. The molecule has 0 amide bonds. The van der Waals surface area contributed by atoms with Crippen LogP contribution in [-0.4, -0.2) is 30.8 Å². The van der Waals surface area contributed by atoms with Crippen LogP contribution in [0.25, 0.3) is 5.57 Å². The Kier molecular flexibility index (Phi) is 2.54. The normalized spacial score (nSPS) is 28.6. The van der Waals surface area contributed by atoms with E-state index in [-0.39, 0.29) is 6.79 Å². The molecule has 0 N–H and O–H groups in total. The minimum atomic E-state index is 0.267. The summed E-state index contributed by atoms with van der Waals surface area (Å²) in [5, 5.41) is 0.647. The van der Waals surface area contributed by atoms with Gasteiger partial charge < -0.3 is 9.47 Å². The lowest BCUT2D eigenvalue weighted by atomic mass is 9.94. The molecular weight excluding hydrogens is 262 g/mol. The van der Waals surface area contributed by atoms with Gasteiger partial charge in [0.25, 0.3) is 0 Å². The molecule has 0 radical (unpaired) electrons. The molecule has 100 valence electrons. The zero-order valence-electron chi connectivity index (χ0n) is 10.9. The minimum absolute atomic E-state index is 0.267. The van der Waals surface area contributed by atoms with E-state index in [1.165, 1.54) is 24.0 Å². The summed E-state index contributed by atoms with van der Waals surface area (Å²) in [4.78, 5) is 2.49. The molecule has 1 aromatic carbocycles. The predicted molar refractivity (Wildman–Crippen MR) is 74.7 cm³/mol. The standard InChI is InChI=1S/C15H16ClNO2/c1-17-10-2-4-11(13(17)5-3-10)9-6-12(16)15-14(7-9)18-8-19-15/h4,6-7,10,13H,2-3,5,8H2,1H3. The molecule has 4 rings (SSSR count). The zero-order chi connectivity index (χ0) is 13.0. The Morgan fingerprint density at radius 2 is 2.16 bits per heavy atom. The van der Waals surface area contributed by atoms with Gasteiger partial charge in [0.1, 0.15) is 0 Å². The van der Waals surface area contributed by atoms with Crippen LogP contribution in [0.15, 0.2) is 18.2 Å². The minimum Gasteiger partial charge on any atom is -0.454 e. The summed E-state index contributed by atoms with van der Waals surface area (Å²) in [6, 6.07) is 5.31. The molecule has 4 heteroatoms. The van der Waals surface area contributed by atoms with Crippen molar-refractivity contribution in [3.63, 3.8) is 0 Å². The topological polar surface area (TPSA) is 21.7 Å². The fourth-order valence-corrected chi connectivity index (χ4v) is 3.78. The molecule has 0 saturated carbocycles. The fraction of sp³-hybridized carbons (Fsp3) is 0.467. The molecule has 3 heterocycles. The summed E-state index contributed by atoms with van der Waals surface area (Å²) in [7, 11) is 2.23. The van der Waals surface area contributed by atoms with Crippen LogP contribution in [0.5, 0.6) is 11.5 Å². The van der Waals surface area contributed by atoms with E-state index in [1.54, 1.807) is 0 Å². The molecule has 1 aromatic rings. The van der Waals surface area contributed by atoms with E-state index in [0.717, 1.165) is 18.2 Å². The number of benzene rings is 1. The van der Waals surface area contributed by atoms with E-state index >= 15 is 0 Å². The number of halogens is 1. The molecule has 0 spiro atoms. The first kappa shape index (κ1) is 11.6. The van der Waals surface area contributed by atoms with Crippen molar-refractivity contribution in [2.75, 3.05) is 13.8 Å². The van der Waals surface area contributed by atoms with E-state index < -0.39 is 0 Å². The molecule has 3 aliphatic rings. The second kappa shape index (κ2) is 4.15. The van der Waals surface area contributed by atoms with E-state index in [1.807, 2.05) is 6.07 Å². The maximum atomic E-state index is 6.29. The summed E-state index contributed by atoms with van der Waals surface area (Å²) in [6.45, 7) is 0.267. The second-order valence-electron chi connectivity index (χ2n) is 5.50. The number of likely N-dealkylation sites (N-methyl/N-ethyl adjacent to an activating group) is 1. The Balaban J connectivity index is 1.77. The lowest BCUT2D eigenvalue weighted by Gasteiger charge is -2.32. The van der Waals surface area contributed by atoms with E-state index in [0.29, 0.717) is 16.8 Å². The smallest absolute Gasteiger partial charge is 0.231 e. The number of nitrogens with zero attached hydrogens (tertiary/aromatic N) is 1. The van der Waals surface area contributed by atoms with E-state index in [9.17, 15) is 0 Å². The Morgan fingerprint density at radius 1 is 1.26 bits per heavy atom. The molecule has 1 fully saturated rings. The highest BCUT2D eigenvalue weighted by atomic mass is 35.5. The van der Waals surface area contributed by atoms with Crippen molar-refractivity contribution in [3.8, 4) is 11.5 Å². The van der Waals surface area contributed by atoms with Crippen molar-refractivity contribution in [2.24, 2.45) is 0 Å². The second-order valence-corrected chi connectivity index (χ2v) is 5.91. The fourth-order valence-electron chi connectivity index (χ4n) is 3.51.